The van der Waals surface area contributed by atoms with Crippen LogP contribution in [-0.4, -0.2) is 45.9 Å². The van der Waals surface area contributed by atoms with Gasteiger partial charge in [-0.15, -0.1) is 11.8 Å². The Hall–Kier alpha value is -1.16. The van der Waals surface area contributed by atoms with E-state index in [9.17, 15) is 0 Å². The Labute approximate surface area is 190 Å². The Morgan fingerprint density at radius 3 is 2.48 bits per heavy atom. The fraction of sp³-hybridized carbons (Fsp3) is 0.692. The van der Waals surface area contributed by atoms with Crippen LogP contribution in [0.25, 0.3) is 0 Å². The highest BCUT2D eigenvalue weighted by Gasteiger charge is 2.48. The molecule has 4 atom stereocenters. The number of epoxide rings is 1. The second-order valence-electron chi connectivity index (χ2n) is 10.3. The summed E-state index contributed by atoms with van der Waals surface area (Å²) in [5.74, 6) is 6.69. The molecule has 2 aliphatic rings. The summed E-state index contributed by atoms with van der Waals surface area (Å²) in [6.07, 6.45) is 5.32. The van der Waals surface area contributed by atoms with Crippen LogP contribution in [0, 0.1) is 11.8 Å². The lowest BCUT2D eigenvalue weighted by atomic mass is 10.1. The predicted octanol–water partition coefficient (Wildman–Crippen LogP) is 5.71. The van der Waals surface area contributed by atoms with Crippen LogP contribution in [0.2, 0.25) is 18.1 Å². The summed E-state index contributed by atoms with van der Waals surface area (Å²) in [6, 6.07) is 10.3. The minimum Gasteiger partial charge on any atom is -0.411 e. The smallest absolute Gasteiger partial charge is 0.192 e. The van der Waals surface area contributed by atoms with Gasteiger partial charge in [0.25, 0.3) is 0 Å². The third-order valence-corrected chi connectivity index (χ3v) is 11.1. The van der Waals surface area contributed by atoms with Gasteiger partial charge in [-0.25, -0.2) is 0 Å². The zero-order valence-corrected chi connectivity index (χ0v) is 21.0. The molecular weight excluding hydrogens is 404 g/mol. The van der Waals surface area contributed by atoms with Crippen molar-refractivity contribution in [1.82, 2.24) is 0 Å². The highest BCUT2D eigenvalue weighted by molar-refractivity contribution is 6.74. The normalized spacial score (nSPS) is 25.8. The molecule has 0 aromatic heterocycles. The van der Waals surface area contributed by atoms with E-state index in [1.54, 1.807) is 0 Å². The SMILES string of the molecule is CC(C)(C)[Si](C)(C)O[C@H]1C[C@@H]([C@H]2CO2)O[C@H]1CC#CCCCCOCc1ccccc1. The first-order valence-electron chi connectivity index (χ1n) is 11.8. The van der Waals surface area contributed by atoms with E-state index in [0.29, 0.717) is 6.61 Å². The van der Waals surface area contributed by atoms with E-state index < -0.39 is 8.32 Å². The molecule has 0 spiro atoms. The van der Waals surface area contributed by atoms with Crippen LogP contribution in [0.3, 0.4) is 0 Å². The van der Waals surface area contributed by atoms with Crippen LogP contribution in [0.5, 0.6) is 0 Å². The molecule has 31 heavy (non-hydrogen) atoms. The van der Waals surface area contributed by atoms with Gasteiger partial charge < -0.3 is 18.6 Å². The molecule has 2 aliphatic heterocycles. The molecule has 172 valence electrons. The number of unbranched alkanes of at least 4 members (excludes halogenated alkanes) is 2. The molecule has 4 nitrogen and oxygen atoms in total. The van der Waals surface area contributed by atoms with Crippen LogP contribution in [0.1, 0.15) is 58.4 Å². The van der Waals surface area contributed by atoms with E-state index >= 15 is 0 Å². The fourth-order valence-corrected chi connectivity index (χ4v) is 4.92. The predicted molar refractivity (Wildman–Crippen MR) is 127 cm³/mol. The average molecular weight is 445 g/mol. The quantitative estimate of drug-likeness (QED) is 0.200. The van der Waals surface area contributed by atoms with Crippen LogP contribution in [-0.2, 0) is 25.2 Å². The molecule has 0 saturated carbocycles. The summed E-state index contributed by atoms with van der Waals surface area (Å²) in [4.78, 5) is 0. The van der Waals surface area contributed by atoms with Gasteiger partial charge in [0.2, 0.25) is 0 Å². The largest absolute Gasteiger partial charge is 0.411 e. The Kier molecular flexibility index (Phi) is 8.78. The Balaban J connectivity index is 1.37. The average Bonchev–Trinajstić information content (AvgIpc) is 3.49. The van der Waals surface area contributed by atoms with Crippen molar-refractivity contribution in [1.29, 1.82) is 0 Å². The molecule has 0 aliphatic carbocycles. The second-order valence-corrected chi connectivity index (χ2v) is 15.0. The molecule has 1 aromatic rings. The maximum atomic E-state index is 6.72. The lowest BCUT2D eigenvalue weighted by Crippen LogP contribution is -2.45. The van der Waals surface area contributed by atoms with Crippen molar-refractivity contribution in [3.05, 3.63) is 35.9 Å². The summed E-state index contributed by atoms with van der Waals surface area (Å²) in [5.41, 5.74) is 1.23. The Morgan fingerprint density at radius 1 is 1.06 bits per heavy atom. The van der Waals surface area contributed by atoms with Crippen LogP contribution in [0.4, 0.5) is 0 Å². The lowest BCUT2D eigenvalue weighted by molar-refractivity contribution is 0.00710. The molecule has 0 unspecified atom stereocenters. The van der Waals surface area contributed by atoms with Crippen molar-refractivity contribution >= 4 is 8.32 Å². The molecule has 2 heterocycles. The first kappa shape index (κ1) is 24.5. The minimum absolute atomic E-state index is 0.0602. The summed E-state index contributed by atoms with van der Waals surface area (Å²) in [5, 5.41) is 0.194. The van der Waals surface area contributed by atoms with Gasteiger partial charge in [0.1, 0.15) is 6.10 Å². The van der Waals surface area contributed by atoms with Crippen molar-refractivity contribution < 1.29 is 18.6 Å². The maximum Gasteiger partial charge on any atom is 0.192 e. The van der Waals surface area contributed by atoms with Crippen LogP contribution < -0.4 is 0 Å². The molecule has 0 radical (unpaired) electrons. The highest BCUT2D eigenvalue weighted by atomic mass is 28.4. The number of ether oxygens (including phenoxy) is 3. The van der Waals surface area contributed by atoms with Crippen LogP contribution in [0.15, 0.2) is 30.3 Å². The van der Waals surface area contributed by atoms with Crippen molar-refractivity contribution in [2.24, 2.45) is 0 Å². The van der Waals surface area contributed by atoms with Gasteiger partial charge in [0, 0.05) is 25.9 Å². The number of rotatable bonds is 10. The highest BCUT2D eigenvalue weighted by Crippen LogP contribution is 2.41. The third kappa shape index (κ3) is 7.73. The zero-order valence-electron chi connectivity index (χ0n) is 20.0. The lowest BCUT2D eigenvalue weighted by Gasteiger charge is -2.39. The molecule has 5 heteroatoms. The van der Waals surface area contributed by atoms with E-state index in [1.165, 1.54) is 5.56 Å². The van der Waals surface area contributed by atoms with E-state index in [2.05, 4.69) is 57.8 Å². The van der Waals surface area contributed by atoms with Gasteiger partial charge in [-0.05, 0) is 36.5 Å². The zero-order chi connectivity index (χ0) is 22.3. The summed E-state index contributed by atoms with van der Waals surface area (Å²) in [7, 11) is -1.84. The van der Waals surface area contributed by atoms with E-state index in [1.807, 2.05) is 18.2 Å². The second kappa shape index (κ2) is 11.1. The van der Waals surface area contributed by atoms with Gasteiger partial charge in [0.15, 0.2) is 8.32 Å². The van der Waals surface area contributed by atoms with Crippen LogP contribution >= 0.6 is 0 Å². The molecular formula is C26H40O4Si. The molecule has 1 aromatic carbocycles. The Bertz CT molecular complexity index is 727. The monoisotopic (exact) mass is 444 g/mol. The molecule has 2 saturated heterocycles. The molecule has 0 N–H and O–H groups in total. The minimum atomic E-state index is -1.84. The van der Waals surface area contributed by atoms with Crippen molar-refractivity contribution in [3.63, 3.8) is 0 Å². The summed E-state index contributed by atoms with van der Waals surface area (Å²) < 4.78 is 24.3. The third-order valence-electron chi connectivity index (χ3n) is 6.64. The topological polar surface area (TPSA) is 40.2 Å². The van der Waals surface area contributed by atoms with Crippen molar-refractivity contribution in [3.8, 4) is 11.8 Å². The number of hydrogen-bond donors (Lipinski definition) is 0. The van der Waals surface area contributed by atoms with Gasteiger partial charge in [-0.3, -0.25) is 0 Å². The molecule has 0 bridgehead atoms. The number of benzene rings is 1. The van der Waals surface area contributed by atoms with E-state index in [4.69, 9.17) is 18.6 Å². The fourth-order valence-electron chi connectivity index (χ4n) is 3.56. The molecule has 0 amide bonds. The van der Waals surface area contributed by atoms with Gasteiger partial charge in [-0.1, -0.05) is 51.1 Å². The molecule has 2 fully saturated rings. The Morgan fingerprint density at radius 2 is 1.81 bits per heavy atom. The van der Waals surface area contributed by atoms with Gasteiger partial charge >= 0.3 is 0 Å². The first-order chi connectivity index (χ1) is 14.8. The summed E-state index contributed by atoms with van der Waals surface area (Å²) >= 11 is 0. The maximum absolute atomic E-state index is 6.72. The van der Waals surface area contributed by atoms with Gasteiger partial charge in [-0.2, -0.15) is 0 Å². The first-order valence-corrected chi connectivity index (χ1v) is 14.7. The van der Waals surface area contributed by atoms with E-state index in [0.717, 1.165) is 45.3 Å². The van der Waals surface area contributed by atoms with Crippen molar-refractivity contribution in [2.75, 3.05) is 13.2 Å². The van der Waals surface area contributed by atoms with Crippen molar-refractivity contribution in [2.45, 2.75) is 102 Å². The standard InChI is InChI=1S/C26H40O4Si/c1-26(2,3)31(4,5)30-24-18-23(25-20-28-25)29-22(24)16-12-7-6-8-13-17-27-19-21-14-10-9-11-15-21/h9-11,14-15,22-25H,6,8,13,16-20H2,1-5H3/t22-,23-,24-,25+/m0/s1. The number of hydrogen-bond acceptors (Lipinski definition) is 4. The molecule has 3 rings (SSSR count). The summed E-state index contributed by atoms with van der Waals surface area (Å²) in [6.45, 7) is 13.8. The van der Waals surface area contributed by atoms with Gasteiger partial charge in [0.05, 0.1) is 31.5 Å². The van der Waals surface area contributed by atoms with E-state index in [-0.39, 0.29) is 29.5 Å².